The predicted molar refractivity (Wildman–Crippen MR) is 96.3 cm³/mol. The molecule has 2 aromatic heterocycles. The SMILES string of the molecule is CCn1cc(Cl)c(C(=O)Nc2nn(Cc3ccc(F)cc3)cc2Br)n1. The van der Waals surface area contributed by atoms with Crippen LogP contribution in [0.15, 0.2) is 41.1 Å². The molecule has 3 aromatic rings. The fraction of sp³-hybridized carbons (Fsp3) is 0.188. The molecule has 0 fully saturated rings. The predicted octanol–water partition coefficient (Wildman–Crippen LogP) is 3.96. The van der Waals surface area contributed by atoms with Gasteiger partial charge in [0.05, 0.1) is 16.0 Å². The number of aromatic nitrogens is 4. The van der Waals surface area contributed by atoms with E-state index in [2.05, 4.69) is 31.4 Å². The molecule has 9 heteroatoms. The number of nitrogens with zero attached hydrogens (tertiary/aromatic N) is 4. The van der Waals surface area contributed by atoms with Crippen molar-refractivity contribution in [2.45, 2.75) is 20.0 Å². The average molecular weight is 427 g/mol. The zero-order valence-corrected chi connectivity index (χ0v) is 15.6. The Morgan fingerprint density at radius 1 is 1.24 bits per heavy atom. The zero-order valence-electron chi connectivity index (χ0n) is 13.2. The number of amides is 1. The Morgan fingerprint density at radius 3 is 2.60 bits per heavy atom. The molecule has 1 amide bonds. The first kappa shape index (κ1) is 17.6. The molecule has 130 valence electrons. The monoisotopic (exact) mass is 425 g/mol. The van der Waals surface area contributed by atoms with Crippen LogP contribution >= 0.6 is 27.5 Å². The highest BCUT2D eigenvalue weighted by Gasteiger charge is 2.18. The Morgan fingerprint density at radius 2 is 1.96 bits per heavy atom. The van der Waals surface area contributed by atoms with Crippen LogP contribution in [0.3, 0.4) is 0 Å². The minimum atomic E-state index is -0.440. The summed E-state index contributed by atoms with van der Waals surface area (Å²) in [6, 6.07) is 6.14. The van der Waals surface area contributed by atoms with E-state index in [0.29, 0.717) is 23.4 Å². The molecule has 0 bridgehead atoms. The molecular formula is C16H14BrClFN5O. The van der Waals surface area contributed by atoms with Gasteiger partial charge in [0, 0.05) is 18.9 Å². The van der Waals surface area contributed by atoms with Gasteiger partial charge >= 0.3 is 0 Å². The third-order valence-corrected chi connectivity index (χ3v) is 4.32. The highest BCUT2D eigenvalue weighted by molar-refractivity contribution is 9.10. The van der Waals surface area contributed by atoms with Gasteiger partial charge in [-0.1, -0.05) is 23.7 Å². The highest BCUT2D eigenvalue weighted by atomic mass is 79.9. The Balaban J connectivity index is 1.74. The van der Waals surface area contributed by atoms with Crippen LogP contribution in [0.1, 0.15) is 23.0 Å². The first-order chi connectivity index (χ1) is 12.0. The van der Waals surface area contributed by atoms with Crippen molar-refractivity contribution in [3.63, 3.8) is 0 Å². The van der Waals surface area contributed by atoms with Gasteiger partial charge < -0.3 is 5.32 Å². The number of anilines is 1. The Bertz CT molecular complexity index is 906. The maximum atomic E-state index is 13.0. The summed E-state index contributed by atoms with van der Waals surface area (Å²) in [5.74, 6) is -0.374. The van der Waals surface area contributed by atoms with Gasteiger partial charge in [-0.25, -0.2) is 4.39 Å². The number of rotatable bonds is 5. The van der Waals surface area contributed by atoms with Crippen LogP contribution in [0.2, 0.25) is 5.02 Å². The van der Waals surface area contributed by atoms with E-state index >= 15 is 0 Å². The lowest BCUT2D eigenvalue weighted by Gasteiger charge is -2.02. The van der Waals surface area contributed by atoms with Crippen LogP contribution in [-0.2, 0) is 13.1 Å². The molecule has 0 unspecified atom stereocenters. The van der Waals surface area contributed by atoms with Crippen molar-refractivity contribution in [1.82, 2.24) is 19.6 Å². The summed E-state index contributed by atoms with van der Waals surface area (Å²) in [5.41, 5.74) is 1.03. The first-order valence-corrected chi connectivity index (χ1v) is 8.65. The van der Waals surface area contributed by atoms with Gasteiger partial charge in [0.2, 0.25) is 0 Å². The number of carbonyl (C=O) groups excluding carboxylic acids is 1. The lowest BCUT2D eigenvalue weighted by molar-refractivity contribution is 0.102. The number of hydrogen-bond acceptors (Lipinski definition) is 3. The van der Waals surface area contributed by atoms with Gasteiger partial charge in [0.15, 0.2) is 11.5 Å². The minimum Gasteiger partial charge on any atom is -0.303 e. The standard InChI is InChI=1S/C16H14BrClFN5O/c1-2-23-9-13(18)14(21-23)16(25)20-15-12(17)8-24(22-15)7-10-3-5-11(19)6-4-10/h3-6,8-9H,2,7H2,1H3,(H,20,22,25). The first-order valence-electron chi connectivity index (χ1n) is 7.48. The normalized spacial score (nSPS) is 10.9. The molecule has 25 heavy (non-hydrogen) atoms. The largest absolute Gasteiger partial charge is 0.303 e. The van der Waals surface area contributed by atoms with E-state index < -0.39 is 5.91 Å². The van der Waals surface area contributed by atoms with Crippen molar-refractivity contribution in [1.29, 1.82) is 0 Å². The molecule has 0 atom stereocenters. The summed E-state index contributed by atoms with van der Waals surface area (Å²) in [5, 5.41) is 11.4. The maximum Gasteiger partial charge on any atom is 0.278 e. The fourth-order valence-electron chi connectivity index (χ4n) is 2.22. The van der Waals surface area contributed by atoms with Crippen LogP contribution in [0, 0.1) is 5.82 Å². The number of nitrogens with one attached hydrogen (secondary N) is 1. The molecule has 1 N–H and O–H groups in total. The summed E-state index contributed by atoms with van der Waals surface area (Å²) in [6.07, 6.45) is 3.32. The van der Waals surface area contributed by atoms with Crippen LogP contribution in [-0.4, -0.2) is 25.5 Å². The maximum absolute atomic E-state index is 13.0. The number of halogens is 3. The molecule has 0 saturated heterocycles. The molecule has 0 aliphatic carbocycles. The summed E-state index contributed by atoms with van der Waals surface area (Å²) in [6.45, 7) is 2.96. The van der Waals surface area contributed by atoms with Crippen LogP contribution < -0.4 is 5.32 Å². The van der Waals surface area contributed by atoms with Gasteiger partial charge in [0.25, 0.3) is 5.91 Å². The summed E-state index contributed by atoms with van der Waals surface area (Å²) >= 11 is 9.40. The van der Waals surface area contributed by atoms with E-state index in [-0.39, 0.29) is 16.5 Å². The van der Waals surface area contributed by atoms with Gasteiger partial charge in [-0.2, -0.15) is 10.2 Å². The van der Waals surface area contributed by atoms with Crippen LogP contribution in [0.5, 0.6) is 0 Å². The zero-order chi connectivity index (χ0) is 18.0. The van der Waals surface area contributed by atoms with Gasteiger partial charge in [-0.3, -0.25) is 14.2 Å². The molecule has 6 nitrogen and oxygen atoms in total. The molecule has 0 saturated carbocycles. The van der Waals surface area contributed by atoms with E-state index in [1.807, 2.05) is 6.92 Å². The van der Waals surface area contributed by atoms with Gasteiger partial charge in [0.1, 0.15) is 5.82 Å². The number of aryl methyl sites for hydroxylation is 1. The van der Waals surface area contributed by atoms with Crippen molar-refractivity contribution in [3.8, 4) is 0 Å². The second-order valence-electron chi connectivity index (χ2n) is 5.29. The van der Waals surface area contributed by atoms with Crippen molar-refractivity contribution in [2.24, 2.45) is 0 Å². The third-order valence-electron chi connectivity index (χ3n) is 3.46. The summed E-state index contributed by atoms with van der Waals surface area (Å²) in [7, 11) is 0. The van der Waals surface area contributed by atoms with Gasteiger partial charge in [-0.15, -0.1) is 0 Å². The minimum absolute atomic E-state index is 0.142. The van der Waals surface area contributed by atoms with E-state index in [4.69, 9.17) is 11.6 Å². The fourth-order valence-corrected chi connectivity index (χ4v) is 2.87. The summed E-state index contributed by atoms with van der Waals surface area (Å²) < 4.78 is 16.8. The molecule has 2 heterocycles. The van der Waals surface area contributed by atoms with Crippen molar-refractivity contribution < 1.29 is 9.18 Å². The number of benzene rings is 1. The van der Waals surface area contributed by atoms with Crippen LogP contribution in [0.4, 0.5) is 10.2 Å². The quantitative estimate of drug-likeness (QED) is 0.672. The van der Waals surface area contributed by atoms with E-state index in [0.717, 1.165) is 5.56 Å². The van der Waals surface area contributed by atoms with Gasteiger partial charge in [-0.05, 0) is 40.5 Å². The molecular weight excluding hydrogens is 413 g/mol. The molecule has 0 spiro atoms. The molecule has 0 radical (unpaired) electrons. The Labute approximate surface area is 156 Å². The second-order valence-corrected chi connectivity index (χ2v) is 6.55. The smallest absolute Gasteiger partial charge is 0.278 e. The average Bonchev–Trinajstić information content (AvgIpc) is 3.12. The summed E-state index contributed by atoms with van der Waals surface area (Å²) in [4.78, 5) is 12.3. The van der Waals surface area contributed by atoms with Crippen molar-refractivity contribution in [3.05, 3.63) is 63.2 Å². The molecule has 0 aliphatic rings. The second kappa shape index (κ2) is 7.37. The van der Waals surface area contributed by atoms with Crippen LogP contribution in [0.25, 0.3) is 0 Å². The van der Waals surface area contributed by atoms with Crippen molar-refractivity contribution >= 4 is 39.3 Å². The third kappa shape index (κ3) is 4.08. The Kier molecular flexibility index (Phi) is 5.19. The highest BCUT2D eigenvalue weighted by Crippen LogP contribution is 2.23. The molecule has 3 rings (SSSR count). The van der Waals surface area contributed by atoms with E-state index in [1.54, 1.807) is 33.9 Å². The molecule has 0 aliphatic heterocycles. The van der Waals surface area contributed by atoms with Crippen molar-refractivity contribution in [2.75, 3.05) is 5.32 Å². The van der Waals surface area contributed by atoms with E-state index in [1.165, 1.54) is 12.1 Å². The topological polar surface area (TPSA) is 64.7 Å². The lowest BCUT2D eigenvalue weighted by atomic mass is 10.2. The number of hydrogen-bond donors (Lipinski definition) is 1. The molecule has 1 aromatic carbocycles. The Hall–Kier alpha value is -2.19. The number of carbonyl (C=O) groups is 1. The lowest BCUT2D eigenvalue weighted by Crippen LogP contribution is -2.15. The van der Waals surface area contributed by atoms with E-state index in [9.17, 15) is 9.18 Å².